The number of anilines is 1. The lowest BCUT2D eigenvalue weighted by molar-refractivity contribution is -0.134. The molecule has 0 aliphatic heterocycles. The molecule has 0 spiro atoms. The van der Waals surface area contributed by atoms with E-state index in [-0.39, 0.29) is 0 Å². The van der Waals surface area contributed by atoms with Crippen molar-refractivity contribution < 1.29 is 13.2 Å². The Balaban J connectivity index is 1.85. The Morgan fingerprint density at radius 1 is 1.35 bits per heavy atom. The molecule has 2 aromatic rings. The highest BCUT2D eigenvalue weighted by atomic mass is 32.1. The number of halogens is 3. The topological polar surface area (TPSA) is 24.9 Å². The third kappa shape index (κ3) is 3.44. The van der Waals surface area contributed by atoms with Crippen LogP contribution in [0.4, 0.5) is 18.3 Å². The van der Waals surface area contributed by atoms with E-state index in [2.05, 4.69) is 10.3 Å². The molecule has 2 nitrogen and oxygen atoms in total. The van der Waals surface area contributed by atoms with Crippen molar-refractivity contribution in [3.05, 3.63) is 33.5 Å². The Bertz CT molecular complexity index is 462. The maximum Gasteiger partial charge on any atom is 0.427 e. The maximum absolute atomic E-state index is 12.3. The van der Waals surface area contributed by atoms with E-state index in [1.54, 1.807) is 11.3 Å². The first-order valence-electron chi connectivity index (χ1n) is 4.83. The van der Waals surface area contributed by atoms with Gasteiger partial charge in [-0.15, -0.1) is 0 Å². The van der Waals surface area contributed by atoms with Crippen molar-refractivity contribution in [2.75, 3.05) is 11.9 Å². The molecule has 0 unspecified atom stereocenters. The lowest BCUT2D eigenvalue weighted by Gasteiger charge is -2.01. The summed E-state index contributed by atoms with van der Waals surface area (Å²) in [6, 6.07) is 2.00. The summed E-state index contributed by atoms with van der Waals surface area (Å²) >= 11 is 2.24. The van der Waals surface area contributed by atoms with Gasteiger partial charge in [0.05, 0.1) is 6.20 Å². The van der Waals surface area contributed by atoms with Gasteiger partial charge in [-0.2, -0.15) is 24.5 Å². The molecule has 0 saturated heterocycles. The van der Waals surface area contributed by atoms with E-state index < -0.39 is 11.1 Å². The van der Waals surface area contributed by atoms with Crippen LogP contribution >= 0.6 is 22.7 Å². The summed E-state index contributed by atoms with van der Waals surface area (Å²) in [5.41, 5.74) is 1.18. The van der Waals surface area contributed by atoms with Gasteiger partial charge in [-0.05, 0) is 28.8 Å². The van der Waals surface area contributed by atoms with Gasteiger partial charge >= 0.3 is 6.18 Å². The van der Waals surface area contributed by atoms with Gasteiger partial charge in [-0.3, -0.25) is 0 Å². The van der Waals surface area contributed by atoms with E-state index in [0.717, 1.165) is 12.6 Å². The Labute approximate surface area is 104 Å². The molecule has 17 heavy (non-hydrogen) atoms. The molecule has 1 N–H and O–H groups in total. The van der Waals surface area contributed by atoms with Crippen LogP contribution in [0.25, 0.3) is 0 Å². The fourth-order valence-electron chi connectivity index (χ4n) is 1.24. The quantitative estimate of drug-likeness (QED) is 0.918. The first kappa shape index (κ1) is 12.4. The normalized spacial score (nSPS) is 11.7. The highest BCUT2D eigenvalue weighted by molar-refractivity contribution is 7.15. The summed E-state index contributed by atoms with van der Waals surface area (Å²) in [5, 5.41) is 7.19. The number of rotatable bonds is 4. The number of alkyl halides is 3. The SMILES string of the molecule is FC(F)(F)c1cnc(NCCc2ccsc2)s1. The monoisotopic (exact) mass is 278 g/mol. The fourth-order valence-corrected chi connectivity index (χ4v) is 2.65. The zero-order valence-electron chi connectivity index (χ0n) is 8.62. The summed E-state index contributed by atoms with van der Waals surface area (Å²) in [6.07, 6.45) is -2.66. The van der Waals surface area contributed by atoms with Crippen LogP contribution in [0.3, 0.4) is 0 Å². The average molecular weight is 278 g/mol. The lowest BCUT2D eigenvalue weighted by atomic mass is 10.2. The maximum atomic E-state index is 12.3. The molecule has 7 heteroatoms. The smallest absolute Gasteiger partial charge is 0.361 e. The minimum Gasteiger partial charge on any atom is -0.361 e. The fraction of sp³-hybridized carbons (Fsp3) is 0.300. The molecule has 0 saturated carbocycles. The minimum atomic E-state index is -4.30. The van der Waals surface area contributed by atoms with E-state index in [4.69, 9.17) is 0 Å². The Morgan fingerprint density at radius 2 is 2.18 bits per heavy atom. The molecule has 2 heterocycles. The van der Waals surface area contributed by atoms with Crippen molar-refractivity contribution >= 4 is 27.8 Å². The number of hydrogen-bond donors (Lipinski definition) is 1. The standard InChI is InChI=1S/C10H9F3N2S2/c11-10(12,13)8-5-15-9(17-8)14-3-1-7-2-4-16-6-7/h2,4-6H,1,3H2,(H,14,15). The molecule has 92 valence electrons. The molecular formula is C10H9F3N2S2. The van der Waals surface area contributed by atoms with Crippen LogP contribution in [0.15, 0.2) is 23.0 Å². The second-order valence-corrected chi connectivity index (χ2v) is 5.15. The van der Waals surface area contributed by atoms with Crippen molar-refractivity contribution in [1.82, 2.24) is 4.98 Å². The number of aromatic nitrogens is 1. The number of nitrogens with one attached hydrogen (secondary N) is 1. The molecule has 2 aromatic heterocycles. The molecule has 0 bridgehead atoms. The van der Waals surface area contributed by atoms with Crippen molar-refractivity contribution in [2.24, 2.45) is 0 Å². The predicted octanol–water partition coefficient (Wildman–Crippen LogP) is 3.88. The summed E-state index contributed by atoms with van der Waals surface area (Å²) in [4.78, 5) is 3.02. The van der Waals surface area contributed by atoms with Gasteiger partial charge in [0, 0.05) is 6.54 Å². The molecule has 0 aromatic carbocycles. The molecule has 0 aliphatic rings. The predicted molar refractivity (Wildman–Crippen MR) is 63.6 cm³/mol. The summed E-state index contributed by atoms with van der Waals surface area (Å²) < 4.78 is 36.9. The second kappa shape index (κ2) is 5.05. The van der Waals surface area contributed by atoms with E-state index in [0.29, 0.717) is 23.0 Å². The third-order valence-electron chi connectivity index (χ3n) is 2.06. The summed E-state index contributed by atoms with van der Waals surface area (Å²) in [7, 11) is 0. The van der Waals surface area contributed by atoms with E-state index in [9.17, 15) is 13.2 Å². The summed E-state index contributed by atoms with van der Waals surface area (Å²) in [5.74, 6) is 0. The van der Waals surface area contributed by atoms with Gasteiger partial charge in [0.15, 0.2) is 5.13 Å². The van der Waals surface area contributed by atoms with E-state index >= 15 is 0 Å². The Kier molecular flexibility index (Phi) is 3.68. The Hall–Kier alpha value is -1.08. The van der Waals surface area contributed by atoms with Crippen LogP contribution < -0.4 is 5.32 Å². The van der Waals surface area contributed by atoms with Crippen LogP contribution in [-0.4, -0.2) is 11.5 Å². The van der Waals surface area contributed by atoms with Crippen LogP contribution in [0.5, 0.6) is 0 Å². The zero-order chi connectivity index (χ0) is 12.3. The third-order valence-corrected chi connectivity index (χ3v) is 3.79. The van der Waals surface area contributed by atoms with Gasteiger partial charge in [0.1, 0.15) is 4.88 Å². The molecule has 0 atom stereocenters. The largest absolute Gasteiger partial charge is 0.427 e. The van der Waals surface area contributed by atoms with Crippen LogP contribution in [0.2, 0.25) is 0 Å². The van der Waals surface area contributed by atoms with Gasteiger partial charge < -0.3 is 5.32 Å². The van der Waals surface area contributed by atoms with E-state index in [1.165, 1.54) is 5.56 Å². The number of hydrogen-bond acceptors (Lipinski definition) is 4. The number of thiophene rings is 1. The highest BCUT2D eigenvalue weighted by Crippen LogP contribution is 2.34. The van der Waals surface area contributed by atoms with Crippen molar-refractivity contribution in [1.29, 1.82) is 0 Å². The Morgan fingerprint density at radius 3 is 2.76 bits per heavy atom. The average Bonchev–Trinajstić information content (AvgIpc) is 2.86. The molecule has 2 rings (SSSR count). The van der Waals surface area contributed by atoms with Crippen molar-refractivity contribution in [3.63, 3.8) is 0 Å². The van der Waals surface area contributed by atoms with Crippen LogP contribution in [-0.2, 0) is 12.6 Å². The van der Waals surface area contributed by atoms with Crippen LogP contribution in [0.1, 0.15) is 10.4 Å². The molecular weight excluding hydrogens is 269 g/mol. The van der Waals surface area contributed by atoms with Gasteiger partial charge in [0.25, 0.3) is 0 Å². The minimum absolute atomic E-state index is 0.313. The number of thiazole rings is 1. The molecule has 0 radical (unpaired) electrons. The van der Waals surface area contributed by atoms with Gasteiger partial charge in [-0.1, -0.05) is 11.3 Å². The lowest BCUT2D eigenvalue weighted by Crippen LogP contribution is -2.03. The molecule has 0 fully saturated rings. The highest BCUT2D eigenvalue weighted by Gasteiger charge is 2.33. The zero-order valence-corrected chi connectivity index (χ0v) is 10.3. The first-order chi connectivity index (χ1) is 8.05. The van der Waals surface area contributed by atoms with Crippen molar-refractivity contribution in [2.45, 2.75) is 12.6 Å². The van der Waals surface area contributed by atoms with E-state index in [1.807, 2.05) is 16.8 Å². The van der Waals surface area contributed by atoms with Crippen LogP contribution in [0, 0.1) is 0 Å². The molecule has 0 amide bonds. The van der Waals surface area contributed by atoms with Crippen molar-refractivity contribution in [3.8, 4) is 0 Å². The summed E-state index contributed by atoms with van der Waals surface area (Å²) in [6.45, 7) is 0.585. The number of nitrogens with zero attached hydrogens (tertiary/aromatic N) is 1. The first-order valence-corrected chi connectivity index (χ1v) is 6.59. The molecule has 0 aliphatic carbocycles. The van der Waals surface area contributed by atoms with Gasteiger partial charge in [0.2, 0.25) is 0 Å². The van der Waals surface area contributed by atoms with Gasteiger partial charge in [-0.25, -0.2) is 4.98 Å². The second-order valence-electron chi connectivity index (χ2n) is 3.34.